The molecule has 3 heteroatoms. The lowest BCUT2D eigenvalue weighted by molar-refractivity contribution is 0.286. The van der Waals surface area contributed by atoms with E-state index in [1.807, 2.05) is 25.1 Å². The first-order valence-electron chi connectivity index (χ1n) is 6.99. The number of hydrogen-bond donors (Lipinski definition) is 1. The maximum absolute atomic E-state index is 5.83. The Labute approximate surface area is 119 Å². The van der Waals surface area contributed by atoms with Crippen molar-refractivity contribution in [2.24, 2.45) is 0 Å². The van der Waals surface area contributed by atoms with Crippen molar-refractivity contribution < 1.29 is 9.47 Å². The van der Waals surface area contributed by atoms with Crippen LogP contribution in [-0.2, 0) is 0 Å². The largest absolute Gasteiger partial charge is 0.494 e. The van der Waals surface area contributed by atoms with Crippen LogP contribution in [0.2, 0.25) is 0 Å². The molecular formula is C17H19NO2. The van der Waals surface area contributed by atoms with Crippen molar-refractivity contribution >= 4 is 5.69 Å². The Morgan fingerprint density at radius 3 is 2.75 bits per heavy atom. The fourth-order valence-corrected chi connectivity index (χ4v) is 2.43. The predicted octanol–water partition coefficient (Wildman–Crippen LogP) is 3.94. The highest BCUT2D eigenvalue weighted by Crippen LogP contribution is 2.34. The Morgan fingerprint density at radius 1 is 1.20 bits per heavy atom. The maximum Gasteiger partial charge on any atom is 0.142 e. The normalized spacial score (nSPS) is 16.8. The molecule has 0 spiro atoms. The number of fused-ring (bicyclic) bond motifs is 1. The van der Waals surface area contributed by atoms with Gasteiger partial charge in [0, 0.05) is 0 Å². The molecule has 1 N–H and O–H groups in total. The molecule has 1 aliphatic rings. The van der Waals surface area contributed by atoms with Crippen LogP contribution >= 0.6 is 0 Å². The summed E-state index contributed by atoms with van der Waals surface area (Å²) in [5.74, 6) is 1.84. The van der Waals surface area contributed by atoms with Crippen molar-refractivity contribution in [1.82, 2.24) is 0 Å². The minimum absolute atomic E-state index is 0.181. The average molecular weight is 269 g/mol. The maximum atomic E-state index is 5.83. The predicted molar refractivity (Wildman–Crippen MR) is 80.6 cm³/mol. The highest BCUT2D eigenvalue weighted by atomic mass is 16.5. The molecule has 0 aliphatic carbocycles. The van der Waals surface area contributed by atoms with E-state index in [0.29, 0.717) is 13.2 Å². The van der Waals surface area contributed by atoms with Crippen molar-refractivity contribution in [2.75, 3.05) is 18.5 Å². The minimum Gasteiger partial charge on any atom is -0.494 e. The van der Waals surface area contributed by atoms with Gasteiger partial charge in [0.1, 0.15) is 18.1 Å². The second-order valence-corrected chi connectivity index (χ2v) is 5.01. The van der Waals surface area contributed by atoms with Crippen LogP contribution in [0.15, 0.2) is 42.5 Å². The van der Waals surface area contributed by atoms with Gasteiger partial charge in [-0.2, -0.15) is 0 Å². The average Bonchev–Trinajstić information content (AvgIpc) is 2.47. The molecule has 1 heterocycles. The summed E-state index contributed by atoms with van der Waals surface area (Å²) in [7, 11) is 0. The van der Waals surface area contributed by atoms with Gasteiger partial charge in [0.05, 0.1) is 18.3 Å². The molecular weight excluding hydrogens is 250 g/mol. The van der Waals surface area contributed by atoms with Gasteiger partial charge in [-0.25, -0.2) is 0 Å². The Balaban J connectivity index is 1.79. The van der Waals surface area contributed by atoms with Crippen LogP contribution in [0.1, 0.15) is 24.1 Å². The van der Waals surface area contributed by atoms with Gasteiger partial charge in [-0.3, -0.25) is 0 Å². The molecule has 0 saturated carbocycles. The minimum atomic E-state index is 0.181. The van der Waals surface area contributed by atoms with Crippen LogP contribution in [0.3, 0.4) is 0 Å². The first kappa shape index (κ1) is 12.9. The summed E-state index contributed by atoms with van der Waals surface area (Å²) in [5, 5.41) is 3.54. The first-order valence-corrected chi connectivity index (χ1v) is 6.99. The van der Waals surface area contributed by atoms with Gasteiger partial charge in [0.15, 0.2) is 0 Å². The molecule has 0 radical (unpaired) electrons. The summed E-state index contributed by atoms with van der Waals surface area (Å²) >= 11 is 0. The molecule has 0 fully saturated rings. The third-order valence-electron chi connectivity index (χ3n) is 3.46. The quantitative estimate of drug-likeness (QED) is 0.915. The number of aryl methyl sites for hydroxylation is 1. The Morgan fingerprint density at radius 2 is 2.00 bits per heavy atom. The summed E-state index contributed by atoms with van der Waals surface area (Å²) in [4.78, 5) is 0. The van der Waals surface area contributed by atoms with Gasteiger partial charge in [-0.1, -0.05) is 18.2 Å². The fraction of sp³-hybridized carbons (Fsp3) is 0.294. The number of rotatable bonds is 3. The van der Waals surface area contributed by atoms with E-state index in [4.69, 9.17) is 9.47 Å². The van der Waals surface area contributed by atoms with E-state index >= 15 is 0 Å². The van der Waals surface area contributed by atoms with Crippen LogP contribution in [0.25, 0.3) is 0 Å². The fourth-order valence-electron chi connectivity index (χ4n) is 2.43. The van der Waals surface area contributed by atoms with Crippen LogP contribution in [0.5, 0.6) is 11.5 Å². The summed E-state index contributed by atoms with van der Waals surface area (Å²) in [6, 6.07) is 14.6. The van der Waals surface area contributed by atoms with E-state index in [-0.39, 0.29) is 6.04 Å². The lowest BCUT2D eigenvalue weighted by Gasteiger charge is -2.28. The topological polar surface area (TPSA) is 30.5 Å². The molecule has 20 heavy (non-hydrogen) atoms. The van der Waals surface area contributed by atoms with Crippen molar-refractivity contribution in [3.05, 3.63) is 53.6 Å². The Bertz CT molecular complexity index is 592. The molecule has 2 aromatic rings. The van der Waals surface area contributed by atoms with Crippen LogP contribution in [0, 0.1) is 6.92 Å². The van der Waals surface area contributed by atoms with E-state index in [0.717, 1.165) is 17.2 Å². The van der Waals surface area contributed by atoms with E-state index < -0.39 is 0 Å². The zero-order valence-electron chi connectivity index (χ0n) is 11.8. The molecule has 3 rings (SSSR count). The van der Waals surface area contributed by atoms with E-state index in [2.05, 4.69) is 36.5 Å². The number of benzene rings is 2. The van der Waals surface area contributed by atoms with Crippen LogP contribution in [0.4, 0.5) is 5.69 Å². The van der Waals surface area contributed by atoms with Gasteiger partial charge >= 0.3 is 0 Å². The zero-order valence-corrected chi connectivity index (χ0v) is 11.8. The molecule has 104 valence electrons. The van der Waals surface area contributed by atoms with Crippen molar-refractivity contribution in [3.8, 4) is 11.5 Å². The summed E-state index contributed by atoms with van der Waals surface area (Å²) < 4.78 is 11.3. The molecule has 0 bridgehead atoms. The summed E-state index contributed by atoms with van der Waals surface area (Å²) in [5.41, 5.74) is 3.50. The van der Waals surface area contributed by atoms with Crippen molar-refractivity contribution in [2.45, 2.75) is 19.9 Å². The van der Waals surface area contributed by atoms with E-state index in [1.54, 1.807) is 0 Å². The summed E-state index contributed by atoms with van der Waals surface area (Å²) in [6.07, 6.45) is 0. The van der Waals surface area contributed by atoms with Crippen LogP contribution in [-0.4, -0.2) is 13.2 Å². The molecule has 0 amide bonds. The highest BCUT2D eigenvalue weighted by molar-refractivity contribution is 5.60. The molecule has 3 nitrogen and oxygen atoms in total. The van der Waals surface area contributed by atoms with E-state index in [9.17, 15) is 0 Å². The monoisotopic (exact) mass is 269 g/mol. The second-order valence-electron chi connectivity index (χ2n) is 5.01. The molecule has 1 aliphatic heterocycles. The number of ether oxygens (including phenoxy) is 2. The third-order valence-corrected chi connectivity index (χ3v) is 3.46. The van der Waals surface area contributed by atoms with Gasteiger partial charge in [0.2, 0.25) is 0 Å². The third kappa shape index (κ3) is 2.57. The SMILES string of the molecule is CCOc1ccc([C@H]2COc3ccc(C)cc3N2)cc1. The lowest BCUT2D eigenvalue weighted by Crippen LogP contribution is -2.23. The van der Waals surface area contributed by atoms with Gasteiger partial charge in [0.25, 0.3) is 0 Å². The van der Waals surface area contributed by atoms with Crippen LogP contribution < -0.4 is 14.8 Å². The lowest BCUT2D eigenvalue weighted by atomic mass is 10.0. The van der Waals surface area contributed by atoms with Gasteiger partial charge < -0.3 is 14.8 Å². The van der Waals surface area contributed by atoms with Crippen molar-refractivity contribution in [1.29, 1.82) is 0 Å². The first-order chi connectivity index (χ1) is 9.76. The standard InChI is InChI=1S/C17H19NO2/c1-3-19-14-7-5-13(6-8-14)16-11-20-17-9-4-12(2)10-15(17)18-16/h4-10,16,18H,3,11H2,1-2H3/t16-/m1/s1. The van der Waals surface area contributed by atoms with E-state index in [1.165, 1.54) is 11.1 Å². The second kappa shape index (κ2) is 5.45. The molecule has 2 aromatic carbocycles. The Kier molecular flexibility index (Phi) is 3.50. The number of hydrogen-bond acceptors (Lipinski definition) is 3. The van der Waals surface area contributed by atoms with Gasteiger partial charge in [-0.15, -0.1) is 0 Å². The summed E-state index contributed by atoms with van der Waals surface area (Å²) in [6.45, 7) is 5.41. The smallest absolute Gasteiger partial charge is 0.142 e. The van der Waals surface area contributed by atoms with Crippen molar-refractivity contribution in [3.63, 3.8) is 0 Å². The number of nitrogens with one attached hydrogen (secondary N) is 1. The molecule has 1 atom stereocenters. The highest BCUT2D eigenvalue weighted by Gasteiger charge is 2.20. The van der Waals surface area contributed by atoms with Gasteiger partial charge in [-0.05, 0) is 49.2 Å². The Hall–Kier alpha value is -2.16. The number of anilines is 1. The zero-order chi connectivity index (χ0) is 13.9. The molecule has 0 aromatic heterocycles. The molecule has 0 unspecified atom stereocenters. The molecule has 0 saturated heterocycles.